The largest absolute Gasteiger partial charge is 0.305 e. The summed E-state index contributed by atoms with van der Waals surface area (Å²) in [5.74, 6) is -2.06. The molecule has 0 N–H and O–H groups in total. The van der Waals surface area contributed by atoms with E-state index in [-0.39, 0.29) is 17.4 Å². The van der Waals surface area contributed by atoms with Crippen LogP contribution in [0, 0.1) is 11.6 Å². The zero-order chi connectivity index (χ0) is 15.6. The molecule has 1 heterocycles. The third-order valence-corrected chi connectivity index (χ3v) is 4.29. The van der Waals surface area contributed by atoms with Crippen LogP contribution in [0.5, 0.6) is 0 Å². The van der Waals surface area contributed by atoms with E-state index in [2.05, 4.69) is 9.80 Å². The summed E-state index contributed by atoms with van der Waals surface area (Å²) in [4.78, 5) is 16.7. The Morgan fingerprint density at radius 1 is 1.33 bits per heavy atom. The highest BCUT2D eigenvalue weighted by molar-refractivity contribution is 5.99. The van der Waals surface area contributed by atoms with E-state index in [1.165, 1.54) is 6.07 Å². The molecule has 5 heteroatoms. The molecule has 1 aromatic carbocycles. The third-order valence-electron chi connectivity index (χ3n) is 4.29. The zero-order valence-corrected chi connectivity index (χ0v) is 12.8. The van der Waals surface area contributed by atoms with E-state index in [1.54, 1.807) is 0 Å². The highest BCUT2D eigenvalue weighted by atomic mass is 19.2. The molecule has 0 spiro atoms. The molecule has 0 radical (unpaired) electrons. The first-order valence-corrected chi connectivity index (χ1v) is 7.30. The highest BCUT2D eigenvalue weighted by Gasteiger charge is 2.29. The summed E-state index contributed by atoms with van der Waals surface area (Å²) in [5.41, 5.74) is 0.230. The summed E-state index contributed by atoms with van der Waals surface area (Å²) in [6, 6.07) is 3.46. The number of carbonyl (C=O) groups excluding carboxylic acids is 1. The summed E-state index contributed by atoms with van der Waals surface area (Å²) in [7, 11) is 4.08. The van der Waals surface area contributed by atoms with Crippen LogP contribution < -0.4 is 0 Å². The van der Waals surface area contributed by atoms with Gasteiger partial charge in [0.15, 0.2) is 17.4 Å². The van der Waals surface area contributed by atoms with Crippen molar-refractivity contribution in [3.05, 3.63) is 35.4 Å². The van der Waals surface area contributed by atoms with Gasteiger partial charge in [-0.1, -0.05) is 0 Å². The van der Waals surface area contributed by atoms with E-state index in [9.17, 15) is 13.6 Å². The van der Waals surface area contributed by atoms with Gasteiger partial charge in [0.1, 0.15) is 0 Å². The fraction of sp³-hybridized carbons (Fsp3) is 0.562. The Morgan fingerprint density at radius 3 is 2.67 bits per heavy atom. The predicted octanol–water partition coefficient (Wildman–Crippen LogP) is 2.56. The number of carbonyl (C=O) groups is 1. The monoisotopic (exact) mass is 296 g/mol. The number of halogens is 2. The number of benzene rings is 1. The first-order valence-electron chi connectivity index (χ1n) is 7.30. The van der Waals surface area contributed by atoms with Crippen molar-refractivity contribution in [2.75, 3.05) is 27.2 Å². The second kappa shape index (κ2) is 6.62. The molecule has 2 rings (SSSR count). The standard InChI is InChI=1S/C16H22F2N2O/c1-11(20-8-4-5-13(10-20)19(2)3)16(21)12-6-7-14(17)15(18)9-12/h6-7,9,11,13H,4-5,8,10H2,1-3H3. The number of rotatable bonds is 4. The predicted molar refractivity (Wildman–Crippen MR) is 78.4 cm³/mol. The van der Waals surface area contributed by atoms with Gasteiger partial charge >= 0.3 is 0 Å². The van der Waals surface area contributed by atoms with E-state index >= 15 is 0 Å². The van der Waals surface area contributed by atoms with Crippen LogP contribution in [0.4, 0.5) is 8.78 Å². The lowest BCUT2D eigenvalue weighted by Crippen LogP contribution is -2.50. The van der Waals surface area contributed by atoms with Crippen LogP contribution in [-0.4, -0.2) is 54.9 Å². The Kier molecular flexibility index (Phi) is 5.06. The zero-order valence-electron chi connectivity index (χ0n) is 12.8. The lowest BCUT2D eigenvalue weighted by atomic mass is 9.99. The second-order valence-corrected chi connectivity index (χ2v) is 5.92. The molecule has 2 atom stereocenters. The van der Waals surface area contributed by atoms with Gasteiger partial charge in [-0.3, -0.25) is 9.69 Å². The van der Waals surface area contributed by atoms with Crippen LogP contribution in [-0.2, 0) is 0 Å². The van der Waals surface area contributed by atoms with Gasteiger partial charge < -0.3 is 4.90 Å². The summed E-state index contributed by atoms with van der Waals surface area (Å²) in [6.45, 7) is 3.52. The fourth-order valence-corrected chi connectivity index (χ4v) is 2.81. The second-order valence-electron chi connectivity index (χ2n) is 5.92. The van der Waals surface area contributed by atoms with Crippen molar-refractivity contribution in [2.45, 2.75) is 31.8 Å². The topological polar surface area (TPSA) is 23.6 Å². The molecule has 3 nitrogen and oxygen atoms in total. The lowest BCUT2D eigenvalue weighted by molar-refractivity contribution is 0.0698. The molecule has 1 fully saturated rings. The van der Waals surface area contributed by atoms with E-state index in [0.717, 1.165) is 38.1 Å². The molecule has 1 aliphatic rings. The van der Waals surface area contributed by atoms with E-state index in [0.29, 0.717) is 6.04 Å². The van der Waals surface area contributed by atoms with Gasteiger partial charge in [-0.25, -0.2) is 8.78 Å². The van der Waals surface area contributed by atoms with E-state index in [1.807, 2.05) is 21.0 Å². The SMILES string of the molecule is CC(C(=O)c1ccc(F)c(F)c1)N1CCCC(N(C)C)C1. The molecule has 0 amide bonds. The van der Waals surface area contributed by atoms with Gasteiger partial charge in [0.2, 0.25) is 0 Å². The van der Waals surface area contributed by atoms with Crippen molar-refractivity contribution in [3.8, 4) is 0 Å². The number of likely N-dealkylation sites (N-methyl/N-ethyl adjacent to an activating group) is 1. The van der Waals surface area contributed by atoms with Crippen LogP contribution in [0.15, 0.2) is 18.2 Å². The van der Waals surface area contributed by atoms with Crippen LogP contribution in [0.3, 0.4) is 0 Å². The highest BCUT2D eigenvalue weighted by Crippen LogP contribution is 2.19. The van der Waals surface area contributed by atoms with E-state index in [4.69, 9.17) is 0 Å². The Morgan fingerprint density at radius 2 is 2.05 bits per heavy atom. The summed E-state index contributed by atoms with van der Waals surface area (Å²) in [6.07, 6.45) is 2.16. The molecule has 1 saturated heterocycles. The molecule has 1 aromatic rings. The van der Waals surface area contributed by atoms with Crippen molar-refractivity contribution < 1.29 is 13.6 Å². The molecule has 0 aliphatic carbocycles. The summed E-state index contributed by atoms with van der Waals surface area (Å²) in [5, 5.41) is 0. The summed E-state index contributed by atoms with van der Waals surface area (Å²) < 4.78 is 26.2. The molecular weight excluding hydrogens is 274 g/mol. The quantitative estimate of drug-likeness (QED) is 0.798. The molecule has 1 aliphatic heterocycles. The average Bonchev–Trinajstić information content (AvgIpc) is 2.48. The number of ketones is 1. The Labute approximate surface area is 124 Å². The van der Waals surface area contributed by atoms with Crippen molar-refractivity contribution in [1.82, 2.24) is 9.80 Å². The average molecular weight is 296 g/mol. The number of hydrogen-bond donors (Lipinski definition) is 0. The minimum absolute atomic E-state index is 0.159. The fourth-order valence-electron chi connectivity index (χ4n) is 2.81. The maximum atomic E-state index is 13.3. The molecule has 0 saturated carbocycles. The molecule has 0 bridgehead atoms. The number of likely N-dealkylation sites (tertiary alicyclic amines) is 1. The van der Waals surface area contributed by atoms with Crippen LogP contribution >= 0.6 is 0 Å². The Hall–Kier alpha value is -1.33. The van der Waals surface area contributed by atoms with Crippen LogP contribution in [0.2, 0.25) is 0 Å². The summed E-state index contributed by atoms with van der Waals surface area (Å²) >= 11 is 0. The molecule has 116 valence electrons. The third kappa shape index (κ3) is 3.66. The van der Waals surface area contributed by atoms with Crippen LogP contribution in [0.1, 0.15) is 30.1 Å². The van der Waals surface area contributed by atoms with Gasteiger partial charge in [0.25, 0.3) is 0 Å². The van der Waals surface area contributed by atoms with Gasteiger partial charge in [-0.15, -0.1) is 0 Å². The van der Waals surface area contributed by atoms with Gasteiger partial charge in [-0.2, -0.15) is 0 Å². The van der Waals surface area contributed by atoms with Crippen molar-refractivity contribution in [2.24, 2.45) is 0 Å². The van der Waals surface area contributed by atoms with Gasteiger partial charge in [0.05, 0.1) is 6.04 Å². The van der Waals surface area contributed by atoms with Crippen molar-refractivity contribution >= 4 is 5.78 Å². The van der Waals surface area contributed by atoms with Gasteiger partial charge in [-0.05, 0) is 58.6 Å². The number of Topliss-reactive ketones (excluding diaryl/α,β-unsaturated/α-hetero) is 1. The normalized spacial score (nSPS) is 21.5. The number of piperidine rings is 1. The minimum Gasteiger partial charge on any atom is -0.305 e. The van der Waals surface area contributed by atoms with E-state index < -0.39 is 11.6 Å². The smallest absolute Gasteiger partial charge is 0.179 e. The first-order chi connectivity index (χ1) is 9.90. The van der Waals surface area contributed by atoms with Gasteiger partial charge in [0, 0.05) is 18.2 Å². The minimum atomic E-state index is -0.974. The first kappa shape index (κ1) is 16.0. The molecule has 2 unspecified atom stereocenters. The lowest BCUT2D eigenvalue weighted by Gasteiger charge is -2.38. The maximum Gasteiger partial charge on any atom is 0.179 e. The molecule has 0 aromatic heterocycles. The van der Waals surface area contributed by atoms with Crippen molar-refractivity contribution in [3.63, 3.8) is 0 Å². The number of nitrogens with zero attached hydrogens (tertiary/aromatic N) is 2. The van der Waals surface area contributed by atoms with Crippen molar-refractivity contribution in [1.29, 1.82) is 0 Å². The van der Waals surface area contributed by atoms with Crippen LogP contribution in [0.25, 0.3) is 0 Å². The maximum absolute atomic E-state index is 13.3. The molecular formula is C16H22F2N2O. The Bertz CT molecular complexity index is 519. The Balaban J connectivity index is 2.09. The number of hydrogen-bond acceptors (Lipinski definition) is 3. The molecule has 21 heavy (non-hydrogen) atoms.